The number of nitrogens with one attached hydrogen (secondary N) is 3. The van der Waals surface area contributed by atoms with E-state index in [1.165, 1.54) is 0 Å². The smallest absolute Gasteiger partial charge is 0.251 e. The molecule has 0 aliphatic carbocycles. The molecule has 1 aromatic carbocycles. The summed E-state index contributed by atoms with van der Waals surface area (Å²) in [6.07, 6.45) is 0.791. The Bertz CT molecular complexity index is 498. The first-order chi connectivity index (χ1) is 9.92. The van der Waals surface area contributed by atoms with E-state index in [-0.39, 0.29) is 11.8 Å². The highest BCUT2D eigenvalue weighted by atomic mass is 16.2. The number of hydrogen-bond acceptors (Lipinski definition) is 3. The highest BCUT2D eigenvalue weighted by Gasteiger charge is 2.27. The Morgan fingerprint density at radius 3 is 2.43 bits per heavy atom. The van der Waals surface area contributed by atoms with Gasteiger partial charge >= 0.3 is 0 Å². The van der Waals surface area contributed by atoms with Crippen LogP contribution in [-0.4, -0.2) is 39.0 Å². The lowest BCUT2D eigenvalue weighted by molar-refractivity contribution is -0.128. The van der Waals surface area contributed by atoms with E-state index in [0.29, 0.717) is 12.1 Å². The maximum atomic E-state index is 12.3. The first-order valence-electron chi connectivity index (χ1n) is 7.15. The van der Waals surface area contributed by atoms with Crippen LogP contribution in [0.1, 0.15) is 29.8 Å². The van der Waals surface area contributed by atoms with Crippen molar-refractivity contribution in [3.05, 3.63) is 35.4 Å². The zero-order chi connectivity index (χ0) is 15.9. The summed E-state index contributed by atoms with van der Waals surface area (Å²) in [5.41, 5.74) is 1.03. The number of likely N-dealkylation sites (N-methyl/N-ethyl adjacent to an activating group) is 1. The van der Waals surface area contributed by atoms with Gasteiger partial charge in [-0.3, -0.25) is 9.59 Å². The molecule has 0 heterocycles. The van der Waals surface area contributed by atoms with Gasteiger partial charge in [-0.1, -0.05) is 18.2 Å². The van der Waals surface area contributed by atoms with Gasteiger partial charge in [0.1, 0.15) is 0 Å². The van der Waals surface area contributed by atoms with E-state index in [1.807, 2.05) is 31.3 Å². The topological polar surface area (TPSA) is 70.2 Å². The van der Waals surface area contributed by atoms with Crippen molar-refractivity contribution in [3.8, 4) is 0 Å². The molecule has 5 heteroatoms. The third kappa shape index (κ3) is 4.86. The maximum Gasteiger partial charge on any atom is 0.251 e. The quantitative estimate of drug-likeness (QED) is 0.700. The van der Waals surface area contributed by atoms with E-state index in [1.54, 1.807) is 20.9 Å². The molecule has 1 rings (SSSR count). The summed E-state index contributed by atoms with van der Waals surface area (Å²) in [4.78, 5) is 24.0. The molecule has 0 aromatic heterocycles. The first-order valence-corrected chi connectivity index (χ1v) is 7.15. The van der Waals surface area contributed by atoms with E-state index in [9.17, 15) is 9.59 Å². The fraction of sp³-hybridized carbons (Fsp3) is 0.500. The molecule has 0 bridgehead atoms. The van der Waals surface area contributed by atoms with Gasteiger partial charge in [-0.2, -0.15) is 0 Å². The number of rotatable bonds is 7. The van der Waals surface area contributed by atoms with Crippen LogP contribution in [0.2, 0.25) is 0 Å². The third-order valence-electron chi connectivity index (χ3n) is 3.44. The second kappa shape index (κ2) is 7.78. The van der Waals surface area contributed by atoms with Gasteiger partial charge in [0, 0.05) is 19.2 Å². The Hall–Kier alpha value is -1.88. The van der Waals surface area contributed by atoms with E-state index in [4.69, 9.17) is 0 Å². The van der Waals surface area contributed by atoms with Gasteiger partial charge in [-0.05, 0) is 45.5 Å². The van der Waals surface area contributed by atoms with Gasteiger partial charge < -0.3 is 16.0 Å². The van der Waals surface area contributed by atoms with E-state index in [0.717, 1.165) is 18.5 Å². The fourth-order valence-corrected chi connectivity index (χ4v) is 2.03. The Labute approximate surface area is 126 Å². The van der Waals surface area contributed by atoms with Gasteiger partial charge in [0.25, 0.3) is 5.91 Å². The number of carbonyl (C=O) groups is 2. The Morgan fingerprint density at radius 2 is 1.81 bits per heavy atom. The monoisotopic (exact) mass is 291 g/mol. The van der Waals surface area contributed by atoms with Crippen molar-refractivity contribution in [3.63, 3.8) is 0 Å². The fourth-order valence-electron chi connectivity index (χ4n) is 2.03. The molecule has 116 valence electrons. The van der Waals surface area contributed by atoms with Crippen LogP contribution in [0.15, 0.2) is 24.3 Å². The van der Waals surface area contributed by atoms with Gasteiger partial charge in [0.05, 0.1) is 5.41 Å². The zero-order valence-corrected chi connectivity index (χ0v) is 13.2. The molecule has 1 aromatic rings. The molecule has 0 saturated carbocycles. The molecule has 21 heavy (non-hydrogen) atoms. The summed E-state index contributed by atoms with van der Waals surface area (Å²) in [5.74, 6) is -0.232. The molecule has 3 N–H and O–H groups in total. The molecule has 0 saturated heterocycles. The van der Waals surface area contributed by atoms with Crippen LogP contribution in [0.4, 0.5) is 0 Å². The van der Waals surface area contributed by atoms with Crippen molar-refractivity contribution in [2.75, 3.05) is 27.2 Å². The van der Waals surface area contributed by atoms with Crippen molar-refractivity contribution in [2.45, 2.75) is 20.3 Å². The molecular weight excluding hydrogens is 266 g/mol. The third-order valence-corrected chi connectivity index (χ3v) is 3.44. The molecule has 0 aliphatic rings. The van der Waals surface area contributed by atoms with Crippen LogP contribution < -0.4 is 16.0 Å². The highest BCUT2D eigenvalue weighted by molar-refractivity contribution is 5.96. The summed E-state index contributed by atoms with van der Waals surface area (Å²) >= 11 is 0. The molecule has 2 amide bonds. The van der Waals surface area contributed by atoms with Crippen molar-refractivity contribution in [1.82, 2.24) is 16.0 Å². The minimum absolute atomic E-state index is 0.0914. The minimum atomic E-state index is -0.635. The summed E-state index contributed by atoms with van der Waals surface area (Å²) in [6, 6.07) is 7.54. The summed E-state index contributed by atoms with van der Waals surface area (Å²) in [6.45, 7) is 4.72. The van der Waals surface area contributed by atoms with Gasteiger partial charge in [-0.25, -0.2) is 0 Å². The van der Waals surface area contributed by atoms with Crippen LogP contribution in [0.3, 0.4) is 0 Å². The molecule has 0 radical (unpaired) electrons. The largest absolute Gasteiger partial charge is 0.359 e. The van der Waals surface area contributed by atoms with Crippen LogP contribution in [0.5, 0.6) is 0 Å². The lowest BCUT2D eigenvalue weighted by atomic mass is 9.92. The number of benzene rings is 1. The van der Waals surface area contributed by atoms with Crippen LogP contribution in [-0.2, 0) is 11.2 Å². The summed E-state index contributed by atoms with van der Waals surface area (Å²) < 4.78 is 0. The van der Waals surface area contributed by atoms with Crippen molar-refractivity contribution in [2.24, 2.45) is 5.41 Å². The average Bonchev–Trinajstić information content (AvgIpc) is 2.50. The Balaban J connectivity index is 2.74. The molecular formula is C16H25N3O2. The summed E-state index contributed by atoms with van der Waals surface area (Å²) in [5, 5.41) is 8.54. The van der Waals surface area contributed by atoms with Crippen molar-refractivity contribution < 1.29 is 9.59 Å². The number of hydrogen-bond donors (Lipinski definition) is 3. The lowest BCUT2D eigenvalue weighted by Gasteiger charge is -2.23. The normalized spacial score (nSPS) is 11.0. The van der Waals surface area contributed by atoms with Crippen LogP contribution >= 0.6 is 0 Å². The predicted molar refractivity (Wildman–Crippen MR) is 84.3 cm³/mol. The Kier molecular flexibility index (Phi) is 6.37. The standard InChI is InChI=1S/C16H25N3O2/c1-16(2,15(21)18-4)11-19-14(20)13-8-6-5-7-12(13)9-10-17-3/h5-8,17H,9-11H2,1-4H3,(H,18,21)(H,19,20). The molecule has 0 fully saturated rings. The van der Waals surface area contributed by atoms with Crippen molar-refractivity contribution >= 4 is 11.8 Å². The first kappa shape index (κ1) is 17.2. The van der Waals surface area contributed by atoms with Crippen LogP contribution in [0, 0.1) is 5.41 Å². The van der Waals surface area contributed by atoms with Gasteiger partial charge in [0.15, 0.2) is 0 Å². The lowest BCUT2D eigenvalue weighted by Crippen LogP contribution is -2.43. The summed E-state index contributed by atoms with van der Waals surface area (Å²) in [7, 11) is 3.48. The molecule has 5 nitrogen and oxygen atoms in total. The van der Waals surface area contributed by atoms with Gasteiger partial charge in [0.2, 0.25) is 5.91 Å². The number of carbonyl (C=O) groups excluding carboxylic acids is 2. The van der Waals surface area contributed by atoms with E-state index < -0.39 is 5.41 Å². The van der Waals surface area contributed by atoms with Gasteiger partial charge in [-0.15, -0.1) is 0 Å². The minimum Gasteiger partial charge on any atom is -0.359 e. The van der Waals surface area contributed by atoms with E-state index in [2.05, 4.69) is 16.0 Å². The average molecular weight is 291 g/mol. The Morgan fingerprint density at radius 1 is 1.14 bits per heavy atom. The van der Waals surface area contributed by atoms with E-state index >= 15 is 0 Å². The SMILES string of the molecule is CNCCc1ccccc1C(=O)NCC(C)(C)C(=O)NC. The van der Waals surface area contributed by atoms with Crippen LogP contribution in [0.25, 0.3) is 0 Å². The second-order valence-corrected chi connectivity index (χ2v) is 5.66. The maximum absolute atomic E-state index is 12.3. The predicted octanol–water partition coefficient (Wildman–Crippen LogP) is 0.951. The molecule has 0 atom stereocenters. The highest BCUT2D eigenvalue weighted by Crippen LogP contribution is 2.14. The zero-order valence-electron chi connectivity index (χ0n) is 13.2. The second-order valence-electron chi connectivity index (χ2n) is 5.66. The molecule has 0 aliphatic heterocycles. The van der Waals surface area contributed by atoms with Crippen molar-refractivity contribution in [1.29, 1.82) is 0 Å². The molecule has 0 spiro atoms. The molecule has 0 unspecified atom stereocenters. The number of amides is 2.